The Morgan fingerprint density at radius 1 is 0.680 bits per heavy atom. The average Bonchev–Trinajstić information content (AvgIpc) is 3.01. The number of Topliss-reactive ketones (excluding diaryl/α,β-unsaturated/α-hetero) is 1. The Kier molecular flexibility index (Phi) is 22.6. The van der Waals surface area contributed by atoms with Crippen molar-refractivity contribution in [2.45, 2.75) is 58.5 Å². The van der Waals surface area contributed by atoms with Crippen molar-refractivity contribution < 1.29 is 67.3 Å². The monoisotopic (exact) mass is 738 g/mol. The number of aliphatic carboxylic acids is 2. The molecule has 1 heterocycles. The highest BCUT2D eigenvalue weighted by atomic mass is 31.2. The second-order valence-electron chi connectivity index (χ2n) is 12.0. The Labute approximate surface area is 293 Å². The molecular formula is C31H55N4O14P. The fourth-order valence-electron chi connectivity index (χ4n) is 4.87. The summed E-state index contributed by atoms with van der Waals surface area (Å²) in [5, 5.41) is 28.6. The minimum absolute atomic E-state index is 0.0151. The van der Waals surface area contributed by atoms with E-state index in [4.69, 9.17) is 18.5 Å². The van der Waals surface area contributed by atoms with Gasteiger partial charge in [-0.25, -0.2) is 4.57 Å². The van der Waals surface area contributed by atoms with E-state index in [1.807, 2.05) is 9.80 Å². The van der Waals surface area contributed by atoms with Gasteiger partial charge in [-0.2, -0.15) is 0 Å². The summed E-state index contributed by atoms with van der Waals surface area (Å²) in [6.07, 6.45) is 0.247. The number of carboxylic acids is 2. The molecule has 1 aliphatic heterocycles. The molecule has 1 aliphatic rings. The Morgan fingerprint density at radius 3 is 1.60 bits per heavy atom. The number of phosphoric ester groups is 1. The predicted octanol–water partition coefficient (Wildman–Crippen LogP) is 0.987. The summed E-state index contributed by atoms with van der Waals surface area (Å²) in [5.74, 6) is -3.40. The lowest BCUT2D eigenvalue weighted by Crippen LogP contribution is -2.48. The highest BCUT2D eigenvalue weighted by Crippen LogP contribution is 2.43. The number of ether oxygens (including phenoxy) is 2. The number of carbonyl (C=O) groups excluding carboxylic acids is 3. The van der Waals surface area contributed by atoms with Crippen molar-refractivity contribution in [1.82, 2.24) is 19.6 Å². The molecule has 18 nitrogen and oxygen atoms in total. The number of phosphoric acid groups is 1. The summed E-state index contributed by atoms with van der Waals surface area (Å²) < 4.78 is 32.7. The summed E-state index contributed by atoms with van der Waals surface area (Å²) in [4.78, 5) is 76.9. The lowest BCUT2D eigenvalue weighted by Gasteiger charge is -2.33. The highest BCUT2D eigenvalue weighted by molar-refractivity contribution is 7.47. The molecule has 2 unspecified atom stereocenters. The van der Waals surface area contributed by atoms with E-state index in [0.717, 1.165) is 0 Å². The van der Waals surface area contributed by atoms with Crippen LogP contribution in [0, 0.1) is 0 Å². The molecule has 1 saturated heterocycles. The van der Waals surface area contributed by atoms with Gasteiger partial charge in [-0.1, -0.05) is 20.4 Å². The van der Waals surface area contributed by atoms with Gasteiger partial charge in [0.15, 0.2) is 6.10 Å². The molecule has 288 valence electrons. The van der Waals surface area contributed by atoms with Gasteiger partial charge in [0.1, 0.15) is 12.4 Å². The van der Waals surface area contributed by atoms with E-state index in [1.54, 1.807) is 23.6 Å². The number of hydrogen-bond donors (Lipinski definition) is 4. The first kappa shape index (κ1) is 45.1. The van der Waals surface area contributed by atoms with Crippen LogP contribution in [0.1, 0.15) is 52.4 Å². The molecule has 50 heavy (non-hydrogen) atoms. The van der Waals surface area contributed by atoms with E-state index in [1.165, 1.54) is 0 Å². The number of carbonyl (C=O) groups is 5. The van der Waals surface area contributed by atoms with Crippen molar-refractivity contribution in [3.05, 3.63) is 12.3 Å². The number of nitrogens with zero attached hydrogens (tertiary/aromatic N) is 4. The van der Waals surface area contributed by atoms with Crippen LogP contribution in [0.4, 0.5) is 0 Å². The second kappa shape index (κ2) is 25.1. The lowest BCUT2D eigenvalue weighted by atomic mass is 10.2. The molecule has 0 aliphatic carbocycles. The third-order valence-electron chi connectivity index (χ3n) is 7.37. The van der Waals surface area contributed by atoms with Gasteiger partial charge in [0, 0.05) is 71.6 Å². The minimum Gasteiger partial charge on any atom is -0.512 e. The summed E-state index contributed by atoms with van der Waals surface area (Å²) in [5.41, 5.74) is 0. The van der Waals surface area contributed by atoms with Crippen molar-refractivity contribution in [2.24, 2.45) is 0 Å². The van der Waals surface area contributed by atoms with Crippen LogP contribution in [0.15, 0.2) is 12.3 Å². The zero-order valence-electron chi connectivity index (χ0n) is 29.2. The fourth-order valence-corrected chi connectivity index (χ4v) is 5.66. The Bertz CT molecular complexity index is 1110. The van der Waals surface area contributed by atoms with Crippen LogP contribution in [-0.2, 0) is 47.1 Å². The first-order valence-electron chi connectivity index (χ1n) is 16.8. The van der Waals surface area contributed by atoms with Crippen molar-refractivity contribution in [2.75, 3.05) is 98.4 Å². The molecule has 0 saturated carbocycles. The van der Waals surface area contributed by atoms with Crippen molar-refractivity contribution >= 4 is 37.5 Å². The molecule has 19 heteroatoms. The van der Waals surface area contributed by atoms with Crippen LogP contribution >= 0.6 is 7.82 Å². The molecular weight excluding hydrogens is 683 g/mol. The maximum Gasteiger partial charge on any atom is 0.472 e. The van der Waals surface area contributed by atoms with Gasteiger partial charge in [0.05, 0.1) is 45.2 Å². The zero-order valence-corrected chi connectivity index (χ0v) is 30.1. The van der Waals surface area contributed by atoms with Crippen LogP contribution in [0.25, 0.3) is 0 Å². The summed E-state index contributed by atoms with van der Waals surface area (Å²) >= 11 is 0. The topological polar surface area (TPSA) is 233 Å². The quantitative estimate of drug-likeness (QED) is 0.0495. The summed E-state index contributed by atoms with van der Waals surface area (Å²) in [7, 11) is -4.62. The predicted molar refractivity (Wildman–Crippen MR) is 179 cm³/mol. The van der Waals surface area contributed by atoms with Crippen molar-refractivity contribution in [1.29, 1.82) is 0 Å². The van der Waals surface area contributed by atoms with E-state index >= 15 is 0 Å². The number of esters is 2. The summed E-state index contributed by atoms with van der Waals surface area (Å²) in [6.45, 7) is 8.32. The molecule has 0 aromatic rings. The molecule has 0 amide bonds. The molecule has 0 aromatic carbocycles. The first-order valence-corrected chi connectivity index (χ1v) is 18.3. The van der Waals surface area contributed by atoms with E-state index in [0.29, 0.717) is 65.2 Å². The maximum absolute atomic E-state index is 12.9. The van der Waals surface area contributed by atoms with Gasteiger partial charge >= 0.3 is 31.7 Å². The molecule has 4 N–H and O–H groups in total. The Morgan fingerprint density at radius 2 is 1.14 bits per heavy atom. The normalized spacial score (nSPS) is 17.8. The molecule has 0 bridgehead atoms. The number of hydrogen-bond acceptors (Lipinski definition) is 15. The van der Waals surface area contributed by atoms with E-state index in [2.05, 4.69) is 6.58 Å². The smallest absolute Gasteiger partial charge is 0.472 e. The Hall–Kier alpha value is -2.96. The van der Waals surface area contributed by atoms with Crippen LogP contribution in [0.3, 0.4) is 0 Å². The molecule has 1 fully saturated rings. The standard InChI is InChI=1S/C31H55N4O14P/c1-4-7-30(42)46-23-27(49-31(43)8-5-2)24-48-50(44,45)47-18-6-9-26(37)20-33-12-16-34(21-28(38)39)14-10-32(19-25(3)36)11-15-35(17-13-33)22-29(40)41/h27,36H,3-24H2,1-2H3,(H,38,39)(H,40,41)(H,44,45). The van der Waals surface area contributed by atoms with Crippen LogP contribution in [0.2, 0.25) is 0 Å². The minimum atomic E-state index is -4.62. The molecule has 0 aromatic heterocycles. The maximum atomic E-state index is 12.9. The molecule has 0 radical (unpaired) electrons. The SMILES string of the molecule is C=C(O)CN1CCN(CC(=O)O)CCN(CC(=O)CCCOP(=O)(O)OCC(COC(=O)CCC)OC(=O)CCC)CCN(CC(=O)O)CC1. The van der Waals surface area contributed by atoms with E-state index in [-0.39, 0.29) is 76.6 Å². The van der Waals surface area contributed by atoms with Gasteiger partial charge in [-0.05, 0) is 19.3 Å². The number of aliphatic hydroxyl groups excluding tert-OH is 1. The fraction of sp³-hybridized carbons (Fsp3) is 0.774. The van der Waals surface area contributed by atoms with Crippen LogP contribution in [-0.4, -0.2) is 174 Å². The van der Waals surface area contributed by atoms with Crippen molar-refractivity contribution in [3.8, 4) is 0 Å². The van der Waals surface area contributed by atoms with Crippen LogP contribution < -0.4 is 0 Å². The van der Waals surface area contributed by atoms with Gasteiger partial charge in [-0.15, -0.1) is 0 Å². The van der Waals surface area contributed by atoms with Gasteiger partial charge in [-0.3, -0.25) is 52.6 Å². The molecule has 0 spiro atoms. The number of carboxylic acid groups (broad SMARTS) is 2. The van der Waals surface area contributed by atoms with Crippen molar-refractivity contribution in [3.63, 3.8) is 0 Å². The molecule has 1 rings (SSSR count). The Balaban J connectivity index is 2.74. The van der Waals surface area contributed by atoms with Gasteiger partial charge < -0.3 is 29.7 Å². The van der Waals surface area contributed by atoms with E-state index in [9.17, 15) is 48.8 Å². The van der Waals surface area contributed by atoms with E-state index < -0.39 is 44.4 Å². The average molecular weight is 739 g/mol. The zero-order chi connectivity index (χ0) is 37.5. The first-order chi connectivity index (χ1) is 23.6. The third kappa shape index (κ3) is 22.7. The third-order valence-corrected chi connectivity index (χ3v) is 8.35. The lowest BCUT2D eigenvalue weighted by molar-refractivity contribution is -0.161. The van der Waals surface area contributed by atoms with Gasteiger partial charge in [0.2, 0.25) is 0 Å². The van der Waals surface area contributed by atoms with Gasteiger partial charge in [0.25, 0.3) is 0 Å². The summed E-state index contributed by atoms with van der Waals surface area (Å²) in [6, 6.07) is 0. The van der Waals surface area contributed by atoms with Crippen LogP contribution in [0.5, 0.6) is 0 Å². The largest absolute Gasteiger partial charge is 0.512 e. The number of rotatable bonds is 23. The second-order valence-corrected chi connectivity index (χ2v) is 13.4. The number of ketones is 1. The highest BCUT2D eigenvalue weighted by Gasteiger charge is 2.26. The molecule has 2 atom stereocenters. The number of aliphatic hydroxyl groups is 1.